The molecule has 0 unspecified atom stereocenters. The van der Waals surface area contributed by atoms with Gasteiger partial charge in [0.1, 0.15) is 11.3 Å². The maximum Gasteiger partial charge on any atom is 0.293 e. The molecule has 90 valence electrons. The van der Waals surface area contributed by atoms with Crippen molar-refractivity contribution in [3.63, 3.8) is 0 Å². The fourth-order valence-electron chi connectivity index (χ4n) is 1.52. The number of aromatic nitrogens is 1. The number of carbonyl (C=O) groups is 1. The molecule has 6 heteroatoms. The second-order valence-corrected chi connectivity index (χ2v) is 4.60. The summed E-state index contributed by atoms with van der Waals surface area (Å²) in [7, 11) is 0. The van der Waals surface area contributed by atoms with Crippen molar-refractivity contribution >= 4 is 34.1 Å². The smallest absolute Gasteiger partial charge is 0.287 e. The van der Waals surface area contributed by atoms with Crippen molar-refractivity contribution in [1.82, 2.24) is 4.98 Å². The fourth-order valence-corrected chi connectivity index (χ4v) is 2.21. The molecule has 0 aliphatic carbocycles. The van der Waals surface area contributed by atoms with E-state index in [1.54, 1.807) is 24.3 Å². The Morgan fingerprint density at radius 3 is 2.61 bits per heavy atom. The van der Waals surface area contributed by atoms with Crippen LogP contribution in [0, 0.1) is 13.7 Å². The quantitative estimate of drug-likeness (QED) is 0.368. The molecule has 0 spiro atoms. The summed E-state index contributed by atoms with van der Waals surface area (Å²) in [6.45, 7) is 0. The molecule has 0 N–H and O–H groups in total. The largest absolute Gasteiger partial charge is 0.293 e. The second kappa shape index (κ2) is 5.21. The number of hydrogen-bond acceptors (Lipinski definition) is 4. The molecule has 18 heavy (non-hydrogen) atoms. The van der Waals surface area contributed by atoms with Gasteiger partial charge in [-0.15, -0.1) is 0 Å². The third-order valence-corrected chi connectivity index (χ3v) is 3.18. The molecule has 1 heterocycles. The lowest BCUT2D eigenvalue weighted by atomic mass is 10.1. The van der Waals surface area contributed by atoms with E-state index >= 15 is 0 Å². The van der Waals surface area contributed by atoms with Crippen LogP contribution in [0.25, 0.3) is 0 Å². The molecule has 5 nitrogen and oxygen atoms in total. The Morgan fingerprint density at radius 2 is 2.00 bits per heavy atom. The predicted octanol–water partition coefficient (Wildman–Crippen LogP) is 2.83. The van der Waals surface area contributed by atoms with Crippen LogP contribution in [0.4, 0.5) is 5.69 Å². The van der Waals surface area contributed by atoms with Gasteiger partial charge in [0.2, 0.25) is 5.78 Å². The van der Waals surface area contributed by atoms with Crippen molar-refractivity contribution in [1.29, 1.82) is 0 Å². The SMILES string of the molecule is O=C(c1ccccn1)c1cccc(I)c1[N+](=O)[O-]. The topological polar surface area (TPSA) is 73.1 Å². The first-order valence-electron chi connectivity index (χ1n) is 5.00. The van der Waals surface area contributed by atoms with E-state index in [4.69, 9.17) is 0 Å². The Bertz CT molecular complexity index is 614. The zero-order valence-corrected chi connectivity index (χ0v) is 11.2. The third kappa shape index (κ3) is 2.37. The van der Waals surface area contributed by atoms with Gasteiger partial charge in [0.25, 0.3) is 5.69 Å². The van der Waals surface area contributed by atoms with Gasteiger partial charge in [-0.05, 0) is 46.9 Å². The molecule has 0 aliphatic rings. The normalized spacial score (nSPS) is 10.1. The molecular weight excluding hydrogens is 347 g/mol. The van der Waals surface area contributed by atoms with Crippen LogP contribution in [0.1, 0.15) is 16.1 Å². The first kappa shape index (κ1) is 12.6. The number of para-hydroxylation sites is 1. The maximum atomic E-state index is 12.2. The molecule has 2 rings (SSSR count). The van der Waals surface area contributed by atoms with Crippen LogP contribution in [0.3, 0.4) is 0 Å². The Morgan fingerprint density at radius 1 is 1.22 bits per heavy atom. The Hall–Kier alpha value is -1.83. The van der Waals surface area contributed by atoms with Gasteiger partial charge in [0, 0.05) is 6.20 Å². The van der Waals surface area contributed by atoms with E-state index < -0.39 is 10.7 Å². The van der Waals surface area contributed by atoms with Crippen molar-refractivity contribution in [2.75, 3.05) is 0 Å². The number of pyridine rings is 1. The first-order chi connectivity index (χ1) is 8.61. The molecule has 1 aromatic carbocycles. The van der Waals surface area contributed by atoms with Crippen LogP contribution in [-0.4, -0.2) is 15.7 Å². The van der Waals surface area contributed by atoms with Crippen molar-refractivity contribution in [3.05, 3.63) is 67.5 Å². The van der Waals surface area contributed by atoms with Crippen LogP contribution < -0.4 is 0 Å². The van der Waals surface area contributed by atoms with Gasteiger partial charge in [-0.2, -0.15) is 0 Å². The second-order valence-electron chi connectivity index (χ2n) is 3.44. The molecule has 0 radical (unpaired) electrons. The minimum Gasteiger partial charge on any atom is -0.287 e. The van der Waals surface area contributed by atoms with Gasteiger partial charge in [-0.1, -0.05) is 12.1 Å². The minimum atomic E-state index is -0.544. The van der Waals surface area contributed by atoms with Gasteiger partial charge in [-0.25, -0.2) is 0 Å². The number of benzene rings is 1. The maximum absolute atomic E-state index is 12.2. The van der Waals surface area contributed by atoms with Crippen LogP contribution in [-0.2, 0) is 0 Å². The Kier molecular flexibility index (Phi) is 3.66. The van der Waals surface area contributed by atoms with Crippen LogP contribution in [0.15, 0.2) is 42.6 Å². The average Bonchev–Trinajstić information content (AvgIpc) is 2.38. The molecule has 0 fully saturated rings. The van der Waals surface area contributed by atoms with Gasteiger partial charge < -0.3 is 0 Å². The number of carbonyl (C=O) groups excluding carboxylic acids is 1. The van der Waals surface area contributed by atoms with Crippen molar-refractivity contribution in [2.24, 2.45) is 0 Å². The van der Waals surface area contributed by atoms with Crippen molar-refractivity contribution in [3.8, 4) is 0 Å². The first-order valence-corrected chi connectivity index (χ1v) is 6.08. The molecule has 0 atom stereocenters. The number of halogens is 1. The molecular formula is C12H7IN2O3. The van der Waals surface area contributed by atoms with Gasteiger partial charge in [0.15, 0.2) is 0 Å². The summed E-state index contributed by atoms with van der Waals surface area (Å²) in [4.78, 5) is 26.5. The van der Waals surface area contributed by atoms with Crippen LogP contribution in [0.2, 0.25) is 0 Å². The summed E-state index contributed by atoms with van der Waals surface area (Å²) in [6.07, 6.45) is 1.48. The zero-order valence-electron chi connectivity index (χ0n) is 9.04. The highest BCUT2D eigenvalue weighted by Gasteiger charge is 2.24. The lowest BCUT2D eigenvalue weighted by Gasteiger charge is -2.03. The van der Waals surface area contributed by atoms with E-state index in [1.807, 2.05) is 22.6 Å². The average molecular weight is 354 g/mol. The van der Waals surface area contributed by atoms with E-state index in [1.165, 1.54) is 18.3 Å². The van der Waals surface area contributed by atoms with E-state index in [0.717, 1.165) is 0 Å². The summed E-state index contributed by atoms with van der Waals surface area (Å²) in [5, 5.41) is 11.0. The lowest BCUT2D eigenvalue weighted by Crippen LogP contribution is -2.08. The number of nitro groups is 1. The van der Waals surface area contributed by atoms with Crippen LogP contribution in [0.5, 0.6) is 0 Å². The predicted molar refractivity (Wildman–Crippen MR) is 73.5 cm³/mol. The lowest BCUT2D eigenvalue weighted by molar-refractivity contribution is -0.386. The highest BCUT2D eigenvalue weighted by molar-refractivity contribution is 14.1. The molecule has 0 bridgehead atoms. The number of nitrogens with zero attached hydrogens (tertiary/aromatic N) is 2. The zero-order chi connectivity index (χ0) is 13.1. The van der Waals surface area contributed by atoms with Crippen LogP contribution >= 0.6 is 22.6 Å². The summed E-state index contributed by atoms with van der Waals surface area (Å²) < 4.78 is 0.430. The van der Waals surface area contributed by atoms with Crippen molar-refractivity contribution in [2.45, 2.75) is 0 Å². The molecule has 2 aromatic rings. The summed E-state index contributed by atoms with van der Waals surface area (Å²) in [6, 6.07) is 9.53. The van der Waals surface area contributed by atoms with E-state index in [0.29, 0.717) is 3.57 Å². The van der Waals surface area contributed by atoms with E-state index in [9.17, 15) is 14.9 Å². The molecule has 0 aliphatic heterocycles. The number of hydrogen-bond donors (Lipinski definition) is 0. The van der Waals surface area contributed by atoms with Gasteiger partial charge in [0.05, 0.1) is 8.49 Å². The van der Waals surface area contributed by atoms with E-state index in [-0.39, 0.29) is 16.9 Å². The number of ketones is 1. The van der Waals surface area contributed by atoms with Gasteiger partial charge in [-0.3, -0.25) is 19.9 Å². The fraction of sp³-hybridized carbons (Fsp3) is 0. The van der Waals surface area contributed by atoms with E-state index in [2.05, 4.69) is 4.98 Å². The molecule has 0 amide bonds. The Balaban J connectivity index is 2.56. The minimum absolute atomic E-state index is 0.0607. The van der Waals surface area contributed by atoms with Gasteiger partial charge >= 0.3 is 0 Å². The number of rotatable bonds is 3. The standard InChI is InChI=1S/C12H7IN2O3/c13-9-5-3-4-8(11(9)15(17)18)12(16)10-6-1-2-7-14-10/h1-7H. The summed E-state index contributed by atoms with van der Waals surface area (Å²) in [5.74, 6) is -0.444. The summed E-state index contributed by atoms with van der Waals surface area (Å²) in [5.41, 5.74) is 0.0851. The van der Waals surface area contributed by atoms with Crippen molar-refractivity contribution < 1.29 is 9.72 Å². The highest BCUT2D eigenvalue weighted by atomic mass is 127. The Labute approximate surface area is 116 Å². The monoisotopic (exact) mass is 354 g/mol. The number of nitro benzene ring substituents is 1. The summed E-state index contributed by atoms with van der Waals surface area (Å²) >= 11 is 1.84. The molecule has 0 saturated heterocycles. The molecule has 1 aromatic heterocycles. The molecule has 0 saturated carbocycles. The third-order valence-electron chi connectivity index (χ3n) is 2.31. The highest BCUT2D eigenvalue weighted by Crippen LogP contribution is 2.26.